The maximum atomic E-state index is 14.5. The lowest BCUT2D eigenvalue weighted by Gasteiger charge is -2.55. The number of piperidine rings is 1. The predicted molar refractivity (Wildman–Crippen MR) is 125 cm³/mol. The monoisotopic (exact) mass is 481 g/mol. The molecule has 0 amide bonds. The van der Waals surface area contributed by atoms with Gasteiger partial charge in [-0.05, 0) is 58.7 Å². The Hall–Kier alpha value is -2.58. The maximum Gasteiger partial charge on any atom is 0.329 e. The number of carboxylic acids is 1. The number of hydrogen-bond acceptors (Lipinski definition) is 6. The summed E-state index contributed by atoms with van der Waals surface area (Å²) in [4.78, 5) is 21.3. The Morgan fingerprint density at radius 3 is 2.34 bits per heavy atom. The van der Waals surface area contributed by atoms with Gasteiger partial charge in [0.1, 0.15) is 0 Å². The highest BCUT2D eigenvalue weighted by molar-refractivity contribution is 6.35. The second-order valence-electron chi connectivity index (χ2n) is 9.07. The average Bonchev–Trinajstić information content (AvgIpc) is 2.61. The van der Waals surface area contributed by atoms with Crippen LogP contribution in [0, 0.1) is 5.82 Å². The zero-order valence-corrected chi connectivity index (χ0v) is 19.8. The van der Waals surface area contributed by atoms with Gasteiger partial charge >= 0.3 is 5.97 Å². The van der Waals surface area contributed by atoms with Crippen LogP contribution in [0.1, 0.15) is 40.5 Å². The number of carboxylic acid groups (broad SMARTS) is 1. The van der Waals surface area contributed by atoms with Gasteiger partial charge in [-0.25, -0.2) is 14.2 Å². The zero-order valence-electron chi connectivity index (χ0n) is 18.3. The van der Waals surface area contributed by atoms with Gasteiger partial charge in [-0.3, -0.25) is 0 Å². The molecule has 0 aliphatic carbocycles. The molecule has 2 aromatic rings. The number of likely N-dealkylation sites (tertiary alicyclic amines) is 1. The molecule has 0 spiro atoms. The van der Waals surface area contributed by atoms with Gasteiger partial charge in [0.2, 0.25) is 5.95 Å². The van der Waals surface area contributed by atoms with Gasteiger partial charge in [0, 0.05) is 45.1 Å². The molecule has 1 saturated heterocycles. The molecule has 0 bridgehead atoms. The lowest BCUT2D eigenvalue weighted by atomic mass is 9.77. The molecule has 0 saturated carbocycles. The fraction of sp³-hybridized carbons (Fsp3) is 0.409. The summed E-state index contributed by atoms with van der Waals surface area (Å²) < 4.78 is 14.5. The van der Waals surface area contributed by atoms with E-state index in [-0.39, 0.29) is 28.9 Å². The Labute approximate surface area is 196 Å². The number of carbonyl (C=O) groups is 1. The van der Waals surface area contributed by atoms with Crippen LogP contribution >= 0.6 is 23.2 Å². The molecular formula is C22H26Cl2FN5O2. The first-order valence-electron chi connectivity index (χ1n) is 10.1. The minimum absolute atomic E-state index is 0.0850. The molecule has 1 fully saturated rings. The van der Waals surface area contributed by atoms with Crippen molar-refractivity contribution in [1.82, 2.24) is 14.9 Å². The molecule has 32 heavy (non-hydrogen) atoms. The van der Waals surface area contributed by atoms with Crippen molar-refractivity contribution < 1.29 is 14.3 Å². The quantitative estimate of drug-likeness (QED) is 0.455. The molecule has 2 heterocycles. The van der Waals surface area contributed by atoms with Crippen LogP contribution in [0.4, 0.5) is 21.8 Å². The molecule has 0 unspecified atom stereocenters. The summed E-state index contributed by atoms with van der Waals surface area (Å²) in [5, 5.41) is 16.1. The van der Waals surface area contributed by atoms with Crippen LogP contribution in [0.2, 0.25) is 10.0 Å². The average molecular weight is 482 g/mol. The lowest BCUT2D eigenvalue weighted by Crippen LogP contribution is -2.60. The highest BCUT2D eigenvalue weighted by Crippen LogP contribution is 2.40. The third-order valence-electron chi connectivity index (χ3n) is 5.37. The molecule has 10 heteroatoms. The molecule has 7 nitrogen and oxygen atoms in total. The van der Waals surface area contributed by atoms with Gasteiger partial charge in [0.25, 0.3) is 0 Å². The van der Waals surface area contributed by atoms with E-state index in [4.69, 9.17) is 28.3 Å². The van der Waals surface area contributed by atoms with Gasteiger partial charge < -0.3 is 20.6 Å². The number of nitrogens with one attached hydrogen (secondary N) is 2. The normalized spacial score (nSPS) is 18.0. The summed E-state index contributed by atoms with van der Waals surface area (Å²) >= 11 is 12.1. The predicted octanol–water partition coefficient (Wildman–Crippen LogP) is 5.70. The third-order valence-corrected chi connectivity index (χ3v) is 5.80. The molecule has 1 aromatic heterocycles. The molecule has 1 aliphatic rings. The summed E-state index contributed by atoms with van der Waals surface area (Å²) in [7, 11) is 0. The van der Waals surface area contributed by atoms with Gasteiger partial charge in [0.15, 0.2) is 11.6 Å². The van der Waals surface area contributed by atoms with E-state index in [1.807, 2.05) is 32.6 Å². The second-order valence-corrected chi connectivity index (χ2v) is 9.94. The fourth-order valence-electron chi connectivity index (χ4n) is 4.42. The van der Waals surface area contributed by atoms with Gasteiger partial charge in [0.05, 0.1) is 6.20 Å². The van der Waals surface area contributed by atoms with Crippen molar-refractivity contribution in [2.24, 2.45) is 0 Å². The molecule has 0 atom stereocenters. The van der Waals surface area contributed by atoms with Crippen molar-refractivity contribution in [2.75, 3.05) is 10.6 Å². The topological polar surface area (TPSA) is 90.4 Å². The molecule has 172 valence electrons. The number of anilines is 3. The standard InChI is InChI=1S/C22H26Cl2FN5O2/c1-21(2)10-16(11-22(3,4)30(21)6-5-18(31)32)27-19-17(25)12-26-20(29-19)28-15-8-13(23)7-14(24)9-15/h5-9,12,16H,10-11H2,1-4H3,(H,31,32)(H2,26,27,28,29)/b6-5+. The first kappa shape index (κ1) is 24.1. The van der Waals surface area contributed by atoms with Crippen molar-refractivity contribution in [2.45, 2.75) is 57.7 Å². The van der Waals surface area contributed by atoms with Crippen LogP contribution in [0.25, 0.3) is 0 Å². The van der Waals surface area contributed by atoms with Crippen LogP contribution in [0.15, 0.2) is 36.7 Å². The number of aliphatic carboxylic acids is 1. The highest BCUT2D eigenvalue weighted by atomic mass is 35.5. The number of rotatable bonds is 6. The summed E-state index contributed by atoms with van der Waals surface area (Å²) in [5.74, 6) is -1.28. The summed E-state index contributed by atoms with van der Waals surface area (Å²) in [5.41, 5.74) is -0.151. The van der Waals surface area contributed by atoms with Crippen LogP contribution < -0.4 is 10.6 Å². The number of hydrogen-bond donors (Lipinski definition) is 3. The van der Waals surface area contributed by atoms with Crippen LogP contribution in [-0.4, -0.2) is 43.1 Å². The van der Waals surface area contributed by atoms with Crippen LogP contribution in [0.5, 0.6) is 0 Å². The smallest absolute Gasteiger partial charge is 0.329 e. The minimum Gasteiger partial charge on any atom is -0.478 e. The summed E-state index contributed by atoms with van der Waals surface area (Å²) in [6.45, 7) is 8.12. The van der Waals surface area contributed by atoms with E-state index in [2.05, 4.69) is 20.6 Å². The van der Waals surface area contributed by atoms with E-state index in [0.717, 1.165) is 12.3 Å². The van der Waals surface area contributed by atoms with Crippen molar-refractivity contribution in [1.29, 1.82) is 0 Å². The Bertz CT molecular complexity index is 1010. The Balaban J connectivity index is 1.80. The number of nitrogens with zero attached hydrogens (tertiary/aromatic N) is 3. The molecule has 1 aliphatic heterocycles. The van der Waals surface area contributed by atoms with E-state index >= 15 is 0 Å². The molecule has 1 aromatic carbocycles. The lowest BCUT2D eigenvalue weighted by molar-refractivity contribution is -0.131. The van der Waals surface area contributed by atoms with E-state index in [9.17, 15) is 9.18 Å². The largest absolute Gasteiger partial charge is 0.478 e. The maximum absolute atomic E-state index is 14.5. The van der Waals surface area contributed by atoms with E-state index in [0.29, 0.717) is 28.6 Å². The summed E-state index contributed by atoms with van der Waals surface area (Å²) in [6, 6.07) is 4.85. The molecule has 0 radical (unpaired) electrons. The number of aromatic nitrogens is 2. The van der Waals surface area contributed by atoms with Crippen LogP contribution in [0.3, 0.4) is 0 Å². The second kappa shape index (κ2) is 9.11. The van der Waals surface area contributed by atoms with E-state index < -0.39 is 11.8 Å². The number of halogens is 3. The van der Waals surface area contributed by atoms with E-state index in [1.54, 1.807) is 24.4 Å². The first-order valence-corrected chi connectivity index (χ1v) is 10.8. The summed E-state index contributed by atoms with van der Waals surface area (Å²) in [6.07, 6.45) is 5.15. The Morgan fingerprint density at radius 2 is 1.78 bits per heavy atom. The Morgan fingerprint density at radius 1 is 1.19 bits per heavy atom. The van der Waals surface area contributed by atoms with E-state index in [1.165, 1.54) is 0 Å². The van der Waals surface area contributed by atoms with Crippen molar-refractivity contribution >= 4 is 46.6 Å². The van der Waals surface area contributed by atoms with Gasteiger partial charge in [-0.15, -0.1) is 0 Å². The minimum atomic E-state index is -0.999. The third kappa shape index (κ3) is 5.81. The van der Waals surface area contributed by atoms with Crippen LogP contribution in [-0.2, 0) is 4.79 Å². The Kier molecular flexibility index (Phi) is 6.86. The van der Waals surface area contributed by atoms with Crippen molar-refractivity contribution in [3.8, 4) is 0 Å². The zero-order chi connectivity index (χ0) is 23.7. The fourth-order valence-corrected chi connectivity index (χ4v) is 4.94. The first-order chi connectivity index (χ1) is 14.9. The highest BCUT2D eigenvalue weighted by Gasteiger charge is 2.44. The molecular weight excluding hydrogens is 456 g/mol. The van der Waals surface area contributed by atoms with Gasteiger partial charge in [-0.2, -0.15) is 4.98 Å². The van der Waals surface area contributed by atoms with Gasteiger partial charge in [-0.1, -0.05) is 23.2 Å². The van der Waals surface area contributed by atoms with Crippen molar-refractivity contribution in [3.05, 3.63) is 52.5 Å². The van der Waals surface area contributed by atoms with Crippen molar-refractivity contribution in [3.63, 3.8) is 0 Å². The SMILES string of the molecule is CC1(C)CC(Nc2nc(Nc3cc(Cl)cc(Cl)c3)ncc2F)CC(C)(C)N1/C=C/C(=O)O. The molecule has 3 rings (SSSR count). The number of benzene rings is 1. The molecule has 3 N–H and O–H groups in total.